The van der Waals surface area contributed by atoms with E-state index in [1.807, 2.05) is 62.6 Å². The molecule has 0 fully saturated rings. The van der Waals surface area contributed by atoms with Crippen molar-refractivity contribution >= 4 is 17.7 Å². The fourth-order valence-corrected chi connectivity index (χ4v) is 3.76. The zero-order valence-corrected chi connectivity index (χ0v) is 17.0. The summed E-state index contributed by atoms with van der Waals surface area (Å²) in [5.41, 5.74) is 1.79. The van der Waals surface area contributed by atoms with Gasteiger partial charge in [0.15, 0.2) is 0 Å². The molecule has 0 aliphatic carbocycles. The summed E-state index contributed by atoms with van der Waals surface area (Å²) in [6.07, 6.45) is 0. The lowest BCUT2D eigenvalue weighted by atomic mass is 10.0. The zero-order chi connectivity index (χ0) is 19.1. The van der Waals surface area contributed by atoms with E-state index in [0.717, 1.165) is 21.8 Å². The quantitative estimate of drug-likeness (QED) is 0.704. The number of hydrogen-bond acceptors (Lipinski definition) is 4. The molecule has 0 bridgehead atoms. The monoisotopic (exact) mass is 372 g/mol. The lowest BCUT2D eigenvalue weighted by Gasteiger charge is -2.26. The molecule has 1 unspecified atom stereocenters. The second kappa shape index (κ2) is 9.64. The van der Waals surface area contributed by atoms with Crippen molar-refractivity contribution in [3.8, 4) is 5.75 Å². The van der Waals surface area contributed by atoms with E-state index >= 15 is 0 Å². The third-order valence-corrected chi connectivity index (χ3v) is 5.15. The molecule has 0 spiro atoms. The Morgan fingerprint density at radius 3 is 2.42 bits per heavy atom. The minimum atomic E-state index is -0.0458. The molecule has 0 aliphatic heterocycles. The highest BCUT2D eigenvalue weighted by molar-refractivity contribution is 8.00. The van der Waals surface area contributed by atoms with Crippen molar-refractivity contribution < 1.29 is 9.53 Å². The molecular formula is C21H28N2O2S. The molecular weight excluding hydrogens is 344 g/mol. The Morgan fingerprint density at radius 1 is 1.12 bits per heavy atom. The summed E-state index contributed by atoms with van der Waals surface area (Å²) in [5, 5.41) is 3.52. The molecule has 140 valence electrons. The number of benzene rings is 2. The third kappa shape index (κ3) is 5.26. The van der Waals surface area contributed by atoms with Gasteiger partial charge in [-0.3, -0.25) is 4.79 Å². The van der Waals surface area contributed by atoms with Crippen molar-refractivity contribution in [2.45, 2.75) is 30.0 Å². The lowest BCUT2D eigenvalue weighted by molar-refractivity contribution is 0.0938. The van der Waals surface area contributed by atoms with Crippen LogP contribution < -0.4 is 10.1 Å². The van der Waals surface area contributed by atoms with Gasteiger partial charge in [0.25, 0.3) is 5.91 Å². The number of rotatable bonds is 8. The number of hydrogen-bond donors (Lipinski definition) is 1. The first-order valence-electron chi connectivity index (χ1n) is 8.77. The van der Waals surface area contributed by atoms with Crippen LogP contribution in [0.3, 0.4) is 0 Å². The Bertz CT molecular complexity index is 731. The van der Waals surface area contributed by atoms with E-state index in [1.54, 1.807) is 18.9 Å². The average molecular weight is 373 g/mol. The molecule has 0 saturated heterocycles. The van der Waals surface area contributed by atoms with Gasteiger partial charge in [-0.1, -0.05) is 44.2 Å². The molecule has 0 aliphatic rings. The fraction of sp³-hybridized carbons (Fsp3) is 0.381. The van der Waals surface area contributed by atoms with Crippen LogP contribution in [0.4, 0.5) is 0 Å². The second-order valence-corrected chi connectivity index (χ2v) is 8.21. The summed E-state index contributed by atoms with van der Waals surface area (Å²) in [7, 11) is 5.68. The fourth-order valence-electron chi connectivity index (χ4n) is 2.81. The van der Waals surface area contributed by atoms with Crippen molar-refractivity contribution in [2.75, 3.05) is 27.7 Å². The molecule has 26 heavy (non-hydrogen) atoms. The van der Waals surface area contributed by atoms with Gasteiger partial charge in [0.1, 0.15) is 5.75 Å². The summed E-state index contributed by atoms with van der Waals surface area (Å²) >= 11 is 1.71. The van der Waals surface area contributed by atoms with Gasteiger partial charge in [-0.05, 0) is 32.3 Å². The third-order valence-electron chi connectivity index (χ3n) is 4.07. The van der Waals surface area contributed by atoms with Crippen LogP contribution in [0, 0.1) is 0 Å². The van der Waals surface area contributed by atoms with Gasteiger partial charge in [-0.25, -0.2) is 0 Å². The van der Waals surface area contributed by atoms with E-state index in [0.29, 0.717) is 11.8 Å². The Labute approximate surface area is 160 Å². The average Bonchev–Trinajstić information content (AvgIpc) is 2.61. The zero-order valence-electron chi connectivity index (χ0n) is 16.2. The Balaban J connectivity index is 2.16. The highest BCUT2D eigenvalue weighted by Gasteiger charge is 2.20. The normalized spacial score (nSPS) is 12.3. The van der Waals surface area contributed by atoms with Crippen LogP contribution in [-0.4, -0.2) is 43.8 Å². The molecule has 0 aromatic heterocycles. The molecule has 2 aromatic rings. The summed E-state index contributed by atoms with van der Waals surface area (Å²) in [6.45, 7) is 4.76. The van der Waals surface area contributed by atoms with Crippen molar-refractivity contribution in [3.63, 3.8) is 0 Å². The first-order valence-corrected chi connectivity index (χ1v) is 9.65. The van der Waals surface area contributed by atoms with E-state index in [1.165, 1.54) is 0 Å². The topological polar surface area (TPSA) is 41.6 Å². The first kappa shape index (κ1) is 20.3. The maximum atomic E-state index is 12.8. The highest BCUT2D eigenvalue weighted by atomic mass is 32.2. The number of nitrogens with zero attached hydrogens (tertiary/aromatic N) is 1. The maximum Gasteiger partial charge on any atom is 0.252 e. The molecule has 1 N–H and O–H groups in total. The Kier molecular flexibility index (Phi) is 7.54. The first-order chi connectivity index (χ1) is 12.4. The number of thioether (sulfide) groups is 1. The largest absolute Gasteiger partial charge is 0.496 e. The summed E-state index contributed by atoms with van der Waals surface area (Å²) < 4.78 is 5.49. The van der Waals surface area contributed by atoms with Crippen LogP contribution in [-0.2, 0) is 0 Å². The van der Waals surface area contributed by atoms with Gasteiger partial charge in [0.05, 0.1) is 18.7 Å². The van der Waals surface area contributed by atoms with E-state index in [4.69, 9.17) is 4.74 Å². The minimum absolute atomic E-state index is 0.0278. The van der Waals surface area contributed by atoms with Gasteiger partial charge in [0.2, 0.25) is 0 Å². The van der Waals surface area contributed by atoms with Crippen molar-refractivity contribution in [2.24, 2.45) is 0 Å². The summed E-state index contributed by atoms with van der Waals surface area (Å²) in [4.78, 5) is 15.9. The molecule has 2 aromatic carbocycles. The van der Waals surface area contributed by atoms with Gasteiger partial charge in [0, 0.05) is 22.3 Å². The number of likely N-dealkylation sites (N-methyl/N-ethyl adjacent to an activating group) is 1. The van der Waals surface area contributed by atoms with Crippen LogP contribution in [0.15, 0.2) is 53.4 Å². The molecule has 0 radical (unpaired) electrons. The molecule has 1 atom stereocenters. The van der Waals surface area contributed by atoms with Crippen molar-refractivity contribution in [1.29, 1.82) is 0 Å². The molecule has 1 amide bonds. The van der Waals surface area contributed by atoms with Gasteiger partial charge in [-0.15, -0.1) is 11.8 Å². The van der Waals surface area contributed by atoms with E-state index < -0.39 is 0 Å². The summed E-state index contributed by atoms with van der Waals surface area (Å²) in [6, 6.07) is 15.7. The number of amides is 1. The number of carbonyl (C=O) groups is 1. The van der Waals surface area contributed by atoms with Crippen LogP contribution in [0.2, 0.25) is 0 Å². The van der Waals surface area contributed by atoms with E-state index in [2.05, 4.69) is 24.1 Å². The predicted molar refractivity (Wildman–Crippen MR) is 109 cm³/mol. The Morgan fingerprint density at radius 2 is 1.77 bits per heavy atom. The Hall–Kier alpha value is -1.98. The van der Waals surface area contributed by atoms with Crippen LogP contribution >= 0.6 is 11.8 Å². The van der Waals surface area contributed by atoms with Crippen molar-refractivity contribution in [3.05, 3.63) is 59.7 Å². The van der Waals surface area contributed by atoms with Crippen LogP contribution in [0.25, 0.3) is 0 Å². The highest BCUT2D eigenvalue weighted by Crippen LogP contribution is 2.28. The molecule has 4 nitrogen and oxygen atoms in total. The van der Waals surface area contributed by atoms with Crippen molar-refractivity contribution in [1.82, 2.24) is 10.2 Å². The molecule has 0 heterocycles. The maximum absolute atomic E-state index is 12.8. The number of para-hydroxylation sites is 1. The molecule has 2 rings (SSSR count). The minimum Gasteiger partial charge on any atom is -0.496 e. The predicted octanol–water partition coefficient (Wildman–Crippen LogP) is 4.23. The lowest BCUT2D eigenvalue weighted by Crippen LogP contribution is -2.35. The van der Waals surface area contributed by atoms with Crippen LogP contribution in [0.5, 0.6) is 5.75 Å². The molecule has 5 heteroatoms. The van der Waals surface area contributed by atoms with Gasteiger partial charge >= 0.3 is 0 Å². The standard InChI is InChI=1S/C21H28N2O2S/c1-15(2)26-20-13-9-7-11-17(20)21(24)22-14-18(23(3)4)16-10-6-8-12-19(16)25-5/h6-13,15,18H,14H2,1-5H3,(H,22,24). The smallest absolute Gasteiger partial charge is 0.252 e. The van der Waals surface area contributed by atoms with Crippen LogP contribution in [0.1, 0.15) is 35.8 Å². The van der Waals surface area contributed by atoms with Gasteiger partial charge in [-0.2, -0.15) is 0 Å². The number of methoxy groups -OCH3 is 1. The second-order valence-electron chi connectivity index (χ2n) is 6.59. The number of carbonyl (C=O) groups excluding carboxylic acids is 1. The van der Waals surface area contributed by atoms with E-state index in [-0.39, 0.29) is 11.9 Å². The summed E-state index contributed by atoms with van der Waals surface area (Å²) in [5.74, 6) is 0.784. The SMILES string of the molecule is COc1ccccc1C(CNC(=O)c1ccccc1SC(C)C)N(C)C. The number of ether oxygens (including phenoxy) is 1. The van der Waals surface area contributed by atoms with E-state index in [9.17, 15) is 4.79 Å². The van der Waals surface area contributed by atoms with Gasteiger partial charge < -0.3 is 15.0 Å². The number of nitrogens with one attached hydrogen (secondary N) is 1. The molecule has 0 saturated carbocycles.